The van der Waals surface area contributed by atoms with Gasteiger partial charge in [-0.2, -0.15) is 0 Å². The number of fused-ring (bicyclic) bond motifs is 1. The molecular formula is C21H23ClN4O3. The topological polar surface area (TPSA) is 79.6 Å². The summed E-state index contributed by atoms with van der Waals surface area (Å²) in [5, 5.41) is 11.0. The second kappa shape index (κ2) is 8.31. The third kappa shape index (κ3) is 3.88. The Balaban J connectivity index is 1.66. The second-order valence-electron chi connectivity index (χ2n) is 7.07. The first-order chi connectivity index (χ1) is 14.1. The highest BCUT2D eigenvalue weighted by atomic mass is 35.5. The van der Waals surface area contributed by atoms with Crippen molar-refractivity contribution in [3.63, 3.8) is 0 Å². The molecule has 2 N–H and O–H groups in total. The summed E-state index contributed by atoms with van der Waals surface area (Å²) < 4.78 is 6.64. The Labute approximate surface area is 173 Å². The van der Waals surface area contributed by atoms with Crippen LogP contribution in [-0.2, 0) is 6.54 Å². The predicted molar refractivity (Wildman–Crippen MR) is 115 cm³/mol. The normalized spacial score (nSPS) is 16.4. The lowest BCUT2D eigenvalue weighted by atomic mass is 10.2. The Kier molecular flexibility index (Phi) is 5.60. The monoisotopic (exact) mass is 414 g/mol. The van der Waals surface area contributed by atoms with Gasteiger partial charge < -0.3 is 20.2 Å². The van der Waals surface area contributed by atoms with E-state index in [1.807, 2.05) is 18.2 Å². The lowest BCUT2D eigenvalue weighted by Crippen LogP contribution is -2.33. The first kappa shape index (κ1) is 19.5. The van der Waals surface area contributed by atoms with Crippen molar-refractivity contribution >= 4 is 28.5 Å². The van der Waals surface area contributed by atoms with Gasteiger partial charge in [0.25, 0.3) is 5.56 Å². The van der Waals surface area contributed by atoms with E-state index < -0.39 is 0 Å². The fourth-order valence-electron chi connectivity index (χ4n) is 3.73. The van der Waals surface area contributed by atoms with Gasteiger partial charge in [0, 0.05) is 18.0 Å². The van der Waals surface area contributed by atoms with Crippen LogP contribution in [0.4, 0.5) is 5.82 Å². The molecule has 1 aliphatic rings. The predicted octanol–water partition coefficient (Wildman–Crippen LogP) is 2.76. The molecule has 7 nitrogen and oxygen atoms in total. The molecule has 1 unspecified atom stereocenters. The molecule has 29 heavy (non-hydrogen) atoms. The van der Waals surface area contributed by atoms with Gasteiger partial charge in [-0.25, -0.2) is 9.66 Å². The van der Waals surface area contributed by atoms with Gasteiger partial charge >= 0.3 is 0 Å². The van der Waals surface area contributed by atoms with Crippen molar-refractivity contribution in [1.29, 1.82) is 0 Å². The van der Waals surface area contributed by atoms with Gasteiger partial charge in [0.2, 0.25) is 0 Å². The van der Waals surface area contributed by atoms with Gasteiger partial charge in [-0.3, -0.25) is 4.79 Å². The summed E-state index contributed by atoms with van der Waals surface area (Å²) >= 11 is 6.20. The van der Waals surface area contributed by atoms with Gasteiger partial charge in [0.1, 0.15) is 11.6 Å². The van der Waals surface area contributed by atoms with Crippen molar-refractivity contribution in [2.24, 2.45) is 0 Å². The van der Waals surface area contributed by atoms with Crippen LogP contribution in [0.2, 0.25) is 5.02 Å². The highest BCUT2D eigenvalue weighted by molar-refractivity contribution is 6.32. The molecule has 4 rings (SSSR count). The first-order valence-electron chi connectivity index (χ1n) is 9.57. The van der Waals surface area contributed by atoms with Crippen molar-refractivity contribution in [3.8, 4) is 5.75 Å². The number of halogens is 1. The molecule has 0 radical (unpaired) electrons. The zero-order valence-corrected chi connectivity index (χ0v) is 16.9. The van der Waals surface area contributed by atoms with E-state index in [1.54, 1.807) is 25.3 Å². The van der Waals surface area contributed by atoms with Crippen LogP contribution >= 0.6 is 11.6 Å². The zero-order valence-electron chi connectivity index (χ0n) is 16.1. The van der Waals surface area contributed by atoms with E-state index in [9.17, 15) is 9.90 Å². The number of hydrogen-bond donors (Lipinski definition) is 2. The van der Waals surface area contributed by atoms with Crippen LogP contribution in [0.3, 0.4) is 0 Å². The summed E-state index contributed by atoms with van der Waals surface area (Å²) in [6, 6.07) is 12.7. The molecule has 152 valence electrons. The summed E-state index contributed by atoms with van der Waals surface area (Å²) in [5.41, 5.74) is 4.43. The van der Waals surface area contributed by atoms with Gasteiger partial charge in [0.15, 0.2) is 5.65 Å². The number of aliphatic hydroxyl groups is 1. The average Bonchev–Trinajstić information content (AvgIpc) is 3.21. The van der Waals surface area contributed by atoms with Gasteiger partial charge in [0.05, 0.1) is 31.3 Å². The minimum Gasteiger partial charge on any atom is -0.495 e. The molecule has 0 amide bonds. The number of pyridine rings is 2. The maximum absolute atomic E-state index is 12.5. The number of rotatable bonds is 6. The Morgan fingerprint density at radius 1 is 1.28 bits per heavy atom. The minimum atomic E-state index is -0.193. The molecule has 0 bridgehead atoms. The summed E-state index contributed by atoms with van der Waals surface area (Å²) in [4.78, 5) is 19.4. The van der Waals surface area contributed by atoms with Crippen LogP contribution in [0, 0.1) is 0 Å². The lowest BCUT2D eigenvalue weighted by molar-refractivity contribution is 0.266. The van der Waals surface area contributed by atoms with Crippen LogP contribution in [0.1, 0.15) is 18.4 Å². The van der Waals surface area contributed by atoms with Crippen molar-refractivity contribution < 1.29 is 9.84 Å². The fourth-order valence-corrected chi connectivity index (χ4v) is 4.01. The molecular weight excluding hydrogens is 392 g/mol. The fraction of sp³-hybridized carbons (Fsp3) is 0.333. The highest BCUT2D eigenvalue weighted by Crippen LogP contribution is 2.26. The highest BCUT2D eigenvalue weighted by Gasteiger charge is 2.25. The largest absolute Gasteiger partial charge is 0.495 e. The van der Waals surface area contributed by atoms with E-state index in [2.05, 4.69) is 10.3 Å². The third-order valence-corrected chi connectivity index (χ3v) is 5.56. The van der Waals surface area contributed by atoms with Crippen molar-refractivity contribution in [2.75, 3.05) is 30.6 Å². The zero-order chi connectivity index (χ0) is 20.4. The quantitative estimate of drug-likeness (QED) is 0.645. The molecule has 1 aromatic carbocycles. The van der Waals surface area contributed by atoms with Gasteiger partial charge in [-0.15, -0.1) is 0 Å². The van der Waals surface area contributed by atoms with Crippen LogP contribution < -0.4 is 20.6 Å². The summed E-state index contributed by atoms with van der Waals surface area (Å²) in [6.07, 6.45) is 1.96. The molecule has 0 saturated carbocycles. The van der Waals surface area contributed by atoms with Crippen LogP contribution in [0.5, 0.6) is 5.75 Å². The van der Waals surface area contributed by atoms with Gasteiger partial charge in [-0.1, -0.05) is 17.7 Å². The van der Waals surface area contributed by atoms with Crippen molar-refractivity contribution in [1.82, 2.24) is 9.66 Å². The minimum absolute atomic E-state index is 0.0678. The lowest BCUT2D eigenvalue weighted by Gasteiger charge is -2.24. The second-order valence-corrected chi connectivity index (χ2v) is 7.47. The molecule has 3 aromatic rings. The number of methoxy groups -OCH3 is 1. The van der Waals surface area contributed by atoms with Crippen LogP contribution in [0.15, 0.2) is 47.3 Å². The number of nitrogens with zero attached hydrogens (tertiary/aromatic N) is 3. The number of hydrogen-bond acceptors (Lipinski definition) is 6. The van der Waals surface area contributed by atoms with Gasteiger partial charge in [-0.05, 0) is 48.7 Å². The van der Waals surface area contributed by atoms with E-state index in [1.165, 1.54) is 10.7 Å². The third-order valence-electron chi connectivity index (χ3n) is 5.27. The SMILES string of the molecule is COc1ccc(CNn2c(=O)ccc3ccc(N4CCCC4CO)nc32)cc1Cl. The Bertz CT molecular complexity index is 1090. The summed E-state index contributed by atoms with van der Waals surface area (Å²) in [7, 11) is 1.57. The van der Waals surface area contributed by atoms with Crippen molar-refractivity contribution in [2.45, 2.75) is 25.4 Å². The average molecular weight is 415 g/mol. The first-order valence-corrected chi connectivity index (χ1v) is 9.95. The number of benzene rings is 1. The standard InChI is InChI=1S/C21H23ClN4O3/c1-29-18-7-4-14(11-17(18)22)12-23-26-20(28)9-6-15-5-8-19(24-21(15)26)25-10-2-3-16(25)13-27/h4-9,11,16,23,27H,2-3,10,12-13H2,1H3. The van der Waals surface area contributed by atoms with Crippen molar-refractivity contribution in [3.05, 3.63) is 63.4 Å². The maximum atomic E-state index is 12.5. The molecule has 1 atom stereocenters. The molecule has 1 fully saturated rings. The Hall–Kier alpha value is -2.77. The Morgan fingerprint density at radius 2 is 2.10 bits per heavy atom. The molecule has 8 heteroatoms. The molecule has 3 heterocycles. The smallest absolute Gasteiger partial charge is 0.270 e. The van der Waals surface area contributed by atoms with E-state index in [-0.39, 0.29) is 18.2 Å². The maximum Gasteiger partial charge on any atom is 0.270 e. The molecule has 2 aromatic heterocycles. The number of aliphatic hydroxyl groups excluding tert-OH is 1. The number of aromatic nitrogens is 2. The molecule has 1 saturated heterocycles. The number of nitrogens with one attached hydrogen (secondary N) is 1. The van der Waals surface area contributed by atoms with Crippen LogP contribution in [-0.4, -0.2) is 41.1 Å². The van der Waals surface area contributed by atoms with E-state index in [4.69, 9.17) is 21.3 Å². The summed E-state index contributed by atoms with van der Waals surface area (Å²) in [6.45, 7) is 1.34. The molecule has 0 spiro atoms. The Morgan fingerprint density at radius 3 is 2.86 bits per heavy atom. The van der Waals surface area contributed by atoms with Crippen LogP contribution in [0.25, 0.3) is 11.0 Å². The summed E-state index contributed by atoms with van der Waals surface area (Å²) in [5.74, 6) is 1.37. The van der Waals surface area contributed by atoms with E-state index in [0.29, 0.717) is 23.0 Å². The van der Waals surface area contributed by atoms with E-state index in [0.717, 1.165) is 36.2 Å². The van der Waals surface area contributed by atoms with E-state index >= 15 is 0 Å². The molecule has 1 aliphatic heterocycles. The molecule has 0 aliphatic carbocycles. The number of ether oxygens (including phenoxy) is 1. The number of anilines is 1.